The molecule has 0 radical (unpaired) electrons. The maximum atomic E-state index is 6.06. The van der Waals surface area contributed by atoms with Crippen LogP contribution in [0.1, 0.15) is 11.7 Å². The number of aromatic nitrogens is 6. The second-order valence-corrected chi connectivity index (χ2v) is 6.41. The third-order valence-electron chi connectivity index (χ3n) is 4.27. The van der Waals surface area contributed by atoms with E-state index in [1.54, 1.807) is 35.7 Å². The summed E-state index contributed by atoms with van der Waals surface area (Å²) < 4.78 is 18.3. The van der Waals surface area contributed by atoms with Gasteiger partial charge in [0.1, 0.15) is 17.8 Å². The molecule has 0 aliphatic heterocycles. The highest BCUT2D eigenvalue weighted by atomic mass is 16.5. The van der Waals surface area contributed by atoms with Gasteiger partial charge in [-0.15, -0.1) is 0 Å². The number of hydrogen-bond donors (Lipinski definition) is 0. The first kappa shape index (κ1) is 17.8. The molecule has 5 aromatic rings. The fourth-order valence-corrected chi connectivity index (χ4v) is 2.88. The lowest BCUT2D eigenvalue weighted by Gasteiger charge is -2.10. The number of benzene rings is 2. The van der Waals surface area contributed by atoms with Crippen LogP contribution in [-0.2, 0) is 6.61 Å². The first-order valence-electron chi connectivity index (χ1n) is 9.21. The van der Waals surface area contributed by atoms with Gasteiger partial charge in [0.2, 0.25) is 5.88 Å². The second kappa shape index (κ2) is 7.63. The molecule has 0 aliphatic rings. The summed E-state index contributed by atoms with van der Waals surface area (Å²) in [7, 11) is 0. The van der Waals surface area contributed by atoms with Gasteiger partial charge in [0.15, 0.2) is 12.4 Å². The van der Waals surface area contributed by atoms with Gasteiger partial charge in [-0.25, -0.2) is 4.98 Å². The van der Waals surface area contributed by atoms with Gasteiger partial charge in [-0.1, -0.05) is 35.5 Å². The summed E-state index contributed by atoms with van der Waals surface area (Å²) in [6, 6.07) is 18.9. The zero-order valence-electron chi connectivity index (χ0n) is 16.0. The Morgan fingerprint density at radius 1 is 0.967 bits per heavy atom. The van der Waals surface area contributed by atoms with Gasteiger partial charge in [0.25, 0.3) is 11.7 Å². The highest BCUT2D eigenvalue weighted by Gasteiger charge is 2.11. The number of hydrogen-bond acceptors (Lipinski definition) is 8. The molecular weight excluding hydrogens is 384 g/mol. The van der Waals surface area contributed by atoms with Crippen LogP contribution in [0.25, 0.3) is 17.0 Å². The Bertz CT molecular complexity index is 1280. The lowest BCUT2D eigenvalue weighted by atomic mass is 10.1. The van der Waals surface area contributed by atoms with Gasteiger partial charge < -0.3 is 14.0 Å². The Hall–Kier alpha value is -4.27. The molecule has 3 heterocycles. The molecule has 0 amide bonds. The molecule has 0 N–H and O–H groups in total. The van der Waals surface area contributed by atoms with Crippen LogP contribution in [0.15, 0.2) is 71.5 Å². The number of fused-ring (bicyclic) bond motifs is 1. The molecule has 0 aliphatic carbocycles. The molecule has 0 saturated carbocycles. The normalized spacial score (nSPS) is 11.0. The van der Waals surface area contributed by atoms with Crippen molar-refractivity contribution in [2.75, 3.05) is 0 Å². The number of rotatable bonds is 6. The van der Waals surface area contributed by atoms with E-state index in [1.165, 1.54) is 6.33 Å². The van der Waals surface area contributed by atoms with Crippen molar-refractivity contribution in [2.24, 2.45) is 0 Å². The summed E-state index contributed by atoms with van der Waals surface area (Å²) in [4.78, 5) is 12.9. The molecule has 0 fully saturated rings. The maximum Gasteiger partial charge on any atom is 0.264 e. The average molecular weight is 400 g/mol. The summed E-state index contributed by atoms with van der Waals surface area (Å²) in [5, 5.41) is 7.94. The Balaban J connectivity index is 1.36. The molecule has 30 heavy (non-hydrogen) atoms. The minimum Gasteiger partial charge on any atom is -0.484 e. The van der Waals surface area contributed by atoms with Crippen LogP contribution < -0.4 is 9.47 Å². The highest BCUT2D eigenvalue weighted by molar-refractivity contribution is 5.62. The number of aryl methyl sites for hydroxylation is 1. The van der Waals surface area contributed by atoms with Crippen LogP contribution in [0.3, 0.4) is 0 Å². The molecule has 0 bridgehead atoms. The monoisotopic (exact) mass is 400 g/mol. The predicted octanol–water partition coefficient (Wildman–Crippen LogP) is 3.85. The number of nitrogens with zero attached hydrogens (tertiary/aromatic N) is 6. The van der Waals surface area contributed by atoms with E-state index in [4.69, 9.17) is 14.0 Å². The topological polar surface area (TPSA) is 100 Å². The highest BCUT2D eigenvalue weighted by Crippen LogP contribution is 2.27. The quantitative estimate of drug-likeness (QED) is 0.424. The summed E-state index contributed by atoms with van der Waals surface area (Å²) in [5.41, 5.74) is 1.72. The zero-order valence-corrected chi connectivity index (χ0v) is 16.0. The molecule has 0 spiro atoms. The van der Waals surface area contributed by atoms with E-state index in [-0.39, 0.29) is 6.61 Å². The van der Waals surface area contributed by atoms with Crippen LogP contribution in [0.2, 0.25) is 0 Å². The number of ether oxygens (including phenoxy) is 2. The van der Waals surface area contributed by atoms with E-state index in [1.807, 2.05) is 36.4 Å². The van der Waals surface area contributed by atoms with E-state index in [0.29, 0.717) is 34.9 Å². The minimum absolute atomic E-state index is 0.200. The Morgan fingerprint density at radius 3 is 2.53 bits per heavy atom. The standard InChI is InChI=1S/C21H16N6O3/c1-14-24-19(30-26-14)12-28-16-7-9-17(10-8-16)29-20-11-18(15-5-3-2-4-6-15)25-21-22-13-23-27(20)21/h2-11,13H,12H2,1H3. The van der Waals surface area contributed by atoms with E-state index < -0.39 is 0 Å². The molecule has 9 heteroatoms. The van der Waals surface area contributed by atoms with Gasteiger partial charge >= 0.3 is 0 Å². The van der Waals surface area contributed by atoms with Crippen molar-refractivity contribution in [1.82, 2.24) is 29.7 Å². The van der Waals surface area contributed by atoms with Gasteiger partial charge in [0.05, 0.1) is 5.69 Å². The van der Waals surface area contributed by atoms with Crippen LogP contribution in [0.5, 0.6) is 17.4 Å². The summed E-state index contributed by atoms with van der Waals surface area (Å²) in [5.74, 6) is 3.24. The fraction of sp³-hybridized carbons (Fsp3) is 0.0952. The average Bonchev–Trinajstić information content (AvgIpc) is 3.43. The third-order valence-corrected chi connectivity index (χ3v) is 4.27. The SMILES string of the molecule is Cc1noc(COc2ccc(Oc3cc(-c4ccccc4)nc4ncnn34)cc2)n1. The van der Waals surface area contributed by atoms with Crippen molar-refractivity contribution in [1.29, 1.82) is 0 Å². The fourth-order valence-electron chi connectivity index (χ4n) is 2.88. The predicted molar refractivity (Wildman–Crippen MR) is 106 cm³/mol. The van der Waals surface area contributed by atoms with Gasteiger partial charge in [-0.3, -0.25) is 0 Å². The molecule has 0 unspecified atom stereocenters. The second-order valence-electron chi connectivity index (χ2n) is 6.41. The molecule has 9 nitrogen and oxygen atoms in total. The first-order chi connectivity index (χ1) is 14.7. The van der Waals surface area contributed by atoms with Crippen molar-refractivity contribution in [2.45, 2.75) is 13.5 Å². The lowest BCUT2D eigenvalue weighted by molar-refractivity contribution is 0.242. The van der Waals surface area contributed by atoms with Crippen molar-refractivity contribution in [3.05, 3.63) is 78.7 Å². The Morgan fingerprint density at radius 2 is 1.77 bits per heavy atom. The van der Waals surface area contributed by atoms with Crippen LogP contribution in [0.4, 0.5) is 0 Å². The molecule has 0 saturated heterocycles. The van der Waals surface area contributed by atoms with Crippen molar-refractivity contribution in [3.63, 3.8) is 0 Å². The molecule has 5 rings (SSSR count). The summed E-state index contributed by atoms with van der Waals surface area (Å²) in [6.45, 7) is 1.96. The van der Waals surface area contributed by atoms with Crippen molar-refractivity contribution < 1.29 is 14.0 Å². The van der Waals surface area contributed by atoms with E-state index in [9.17, 15) is 0 Å². The van der Waals surface area contributed by atoms with Gasteiger partial charge in [0, 0.05) is 11.6 Å². The molecule has 148 valence electrons. The minimum atomic E-state index is 0.200. The Kier molecular flexibility index (Phi) is 4.53. The molecule has 2 aromatic carbocycles. The van der Waals surface area contributed by atoms with E-state index in [0.717, 1.165) is 11.3 Å². The van der Waals surface area contributed by atoms with Gasteiger partial charge in [-0.05, 0) is 31.2 Å². The van der Waals surface area contributed by atoms with Crippen LogP contribution in [0, 0.1) is 6.92 Å². The summed E-state index contributed by atoms with van der Waals surface area (Å²) in [6.07, 6.45) is 1.44. The van der Waals surface area contributed by atoms with Crippen molar-refractivity contribution in [3.8, 4) is 28.6 Å². The van der Waals surface area contributed by atoms with Crippen LogP contribution >= 0.6 is 0 Å². The first-order valence-corrected chi connectivity index (χ1v) is 9.21. The smallest absolute Gasteiger partial charge is 0.264 e. The largest absolute Gasteiger partial charge is 0.484 e. The third kappa shape index (κ3) is 3.68. The maximum absolute atomic E-state index is 6.06. The zero-order chi connectivity index (χ0) is 20.3. The Labute approximate surface area is 170 Å². The van der Waals surface area contributed by atoms with Crippen molar-refractivity contribution >= 4 is 5.78 Å². The molecular formula is C21H16N6O3. The van der Waals surface area contributed by atoms with Crippen LogP contribution in [-0.4, -0.2) is 29.7 Å². The molecule has 3 aromatic heterocycles. The van der Waals surface area contributed by atoms with E-state index >= 15 is 0 Å². The molecule has 0 atom stereocenters. The van der Waals surface area contributed by atoms with E-state index in [2.05, 4.69) is 25.2 Å². The summed E-state index contributed by atoms with van der Waals surface area (Å²) >= 11 is 0. The lowest BCUT2D eigenvalue weighted by Crippen LogP contribution is -2.00. The van der Waals surface area contributed by atoms with Gasteiger partial charge in [-0.2, -0.15) is 19.6 Å².